The van der Waals surface area contributed by atoms with Gasteiger partial charge < -0.3 is 4.74 Å². The van der Waals surface area contributed by atoms with Crippen LogP contribution in [0.5, 0.6) is 0 Å². The highest BCUT2D eigenvalue weighted by Crippen LogP contribution is 2.44. The summed E-state index contributed by atoms with van der Waals surface area (Å²) in [7, 11) is -2.59. The quantitative estimate of drug-likeness (QED) is 0.629. The molecule has 1 aromatic carbocycles. The SMILES string of the molecule is CC.COC(=O)C1(C)CCC=C1S(=O)(=O)c1ccc(F)cc1. The molecule has 1 aliphatic rings. The van der Waals surface area contributed by atoms with E-state index >= 15 is 0 Å². The topological polar surface area (TPSA) is 60.4 Å². The van der Waals surface area contributed by atoms with Crippen LogP contribution >= 0.6 is 0 Å². The van der Waals surface area contributed by atoms with Crippen molar-refractivity contribution in [3.8, 4) is 0 Å². The number of benzene rings is 1. The second-order valence-electron chi connectivity index (χ2n) is 4.89. The van der Waals surface area contributed by atoms with Crippen molar-refractivity contribution in [1.29, 1.82) is 0 Å². The number of allylic oxidation sites excluding steroid dienone is 1. The van der Waals surface area contributed by atoms with E-state index in [-0.39, 0.29) is 9.80 Å². The third-order valence-corrected chi connectivity index (χ3v) is 5.66. The van der Waals surface area contributed by atoms with Gasteiger partial charge in [0.15, 0.2) is 0 Å². The molecule has 2 rings (SSSR count). The Hall–Kier alpha value is -1.69. The molecule has 4 nitrogen and oxygen atoms in total. The Morgan fingerprint density at radius 3 is 2.27 bits per heavy atom. The summed E-state index contributed by atoms with van der Waals surface area (Å²) in [5.74, 6) is -1.09. The number of rotatable bonds is 3. The predicted molar refractivity (Wildman–Crippen MR) is 82.4 cm³/mol. The monoisotopic (exact) mass is 328 g/mol. The minimum atomic E-state index is -3.82. The van der Waals surface area contributed by atoms with E-state index in [1.165, 1.54) is 25.3 Å². The van der Waals surface area contributed by atoms with Crippen LogP contribution in [0, 0.1) is 11.2 Å². The van der Waals surface area contributed by atoms with E-state index < -0.39 is 27.0 Å². The highest BCUT2D eigenvalue weighted by atomic mass is 32.2. The lowest BCUT2D eigenvalue weighted by Crippen LogP contribution is -2.32. The zero-order valence-corrected chi connectivity index (χ0v) is 14.0. The summed E-state index contributed by atoms with van der Waals surface area (Å²) >= 11 is 0. The van der Waals surface area contributed by atoms with Gasteiger partial charge in [-0.1, -0.05) is 19.9 Å². The van der Waals surface area contributed by atoms with Crippen LogP contribution in [0.1, 0.15) is 33.6 Å². The first kappa shape index (κ1) is 18.4. The van der Waals surface area contributed by atoms with Crippen molar-refractivity contribution in [2.45, 2.75) is 38.5 Å². The Morgan fingerprint density at radius 1 is 1.23 bits per heavy atom. The van der Waals surface area contributed by atoms with Crippen molar-refractivity contribution in [2.24, 2.45) is 5.41 Å². The molecule has 1 aliphatic carbocycles. The number of hydrogen-bond donors (Lipinski definition) is 0. The number of hydrogen-bond acceptors (Lipinski definition) is 4. The summed E-state index contributed by atoms with van der Waals surface area (Å²) in [5, 5.41) is 0. The third kappa shape index (κ3) is 3.21. The number of carbonyl (C=O) groups excluding carboxylic acids is 1. The van der Waals surface area contributed by atoms with Crippen LogP contribution in [-0.2, 0) is 19.4 Å². The van der Waals surface area contributed by atoms with Gasteiger partial charge in [-0.15, -0.1) is 0 Å². The van der Waals surface area contributed by atoms with E-state index in [9.17, 15) is 17.6 Å². The van der Waals surface area contributed by atoms with Crippen LogP contribution in [0.3, 0.4) is 0 Å². The van der Waals surface area contributed by atoms with Crippen molar-refractivity contribution < 1.29 is 22.3 Å². The van der Waals surface area contributed by atoms with Crippen molar-refractivity contribution in [3.05, 3.63) is 41.1 Å². The maximum atomic E-state index is 12.9. The Kier molecular flexibility index (Phi) is 5.88. The third-order valence-electron chi connectivity index (χ3n) is 3.57. The number of ether oxygens (including phenoxy) is 1. The zero-order valence-electron chi connectivity index (χ0n) is 13.2. The Bertz CT molecular complexity index is 662. The Labute approximate surface area is 130 Å². The molecule has 0 bridgehead atoms. The number of esters is 1. The molecule has 0 amide bonds. The summed E-state index contributed by atoms with van der Waals surface area (Å²) in [4.78, 5) is 11.9. The summed E-state index contributed by atoms with van der Waals surface area (Å²) in [5.41, 5.74) is -1.18. The predicted octanol–water partition coefficient (Wildman–Crippen LogP) is 3.48. The molecule has 0 aliphatic heterocycles. The van der Waals surface area contributed by atoms with E-state index in [1.807, 2.05) is 13.8 Å². The molecule has 122 valence electrons. The number of sulfone groups is 1. The van der Waals surface area contributed by atoms with Crippen molar-refractivity contribution in [2.75, 3.05) is 7.11 Å². The van der Waals surface area contributed by atoms with Crippen LogP contribution in [-0.4, -0.2) is 21.5 Å². The number of carbonyl (C=O) groups is 1. The van der Waals surface area contributed by atoms with Crippen LogP contribution in [0.2, 0.25) is 0 Å². The van der Waals surface area contributed by atoms with Gasteiger partial charge >= 0.3 is 5.97 Å². The van der Waals surface area contributed by atoms with E-state index in [4.69, 9.17) is 4.74 Å². The summed E-state index contributed by atoms with van der Waals surface area (Å²) in [6.07, 6.45) is 2.41. The molecule has 0 spiro atoms. The molecule has 0 heterocycles. The first-order valence-electron chi connectivity index (χ1n) is 7.12. The molecule has 0 radical (unpaired) electrons. The molecule has 0 aromatic heterocycles. The lowest BCUT2D eigenvalue weighted by molar-refractivity contribution is -0.149. The summed E-state index contributed by atoms with van der Waals surface area (Å²) in [6, 6.07) is 4.55. The molecule has 6 heteroatoms. The van der Waals surface area contributed by atoms with Gasteiger partial charge in [-0.3, -0.25) is 4.79 Å². The van der Waals surface area contributed by atoms with Crippen LogP contribution in [0.25, 0.3) is 0 Å². The fourth-order valence-corrected chi connectivity index (χ4v) is 4.28. The Balaban J connectivity index is 0.00000116. The van der Waals surface area contributed by atoms with Gasteiger partial charge in [0.2, 0.25) is 9.84 Å². The number of halogens is 1. The van der Waals surface area contributed by atoms with Crippen LogP contribution in [0.15, 0.2) is 40.1 Å². The van der Waals surface area contributed by atoms with E-state index in [1.54, 1.807) is 6.92 Å². The minimum absolute atomic E-state index is 0.0258. The van der Waals surface area contributed by atoms with E-state index in [0.717, 1.165) is 12.1 Å². The molecular weight excluding hydrogens is 307 g/mol. The number of methoxy groups -OCH3 is 1. The summed E-state index contributed by atoms with van der Waals surface area (Å²) in [6.45, 7) is 5.55. The smallest absolute Gasteiger partial charge is 0.316 e. The first-order chi connectivity index (χ1) is 10.3. The average molecular weight is 328 g/mol. The zero-order chi connectivity index (χ0) is 17.0. The normalized spacial score (nSPS) is 20.7. The molecule has 0 fully saturated rings. The lowest BCUT2D eigenvalue weighted by atomic mass is 9.90. The maximum absolute atomic E-state index is 12.9. The van der Waals surface area contributed by atoms with Gasteiger partial charge in [0.1, 0.15) is 11.2 Å². The highest BCUT2D eigenvalue weighted by Gasteiger charge is 2.47. The molecule has 0 saturated carbocycles. The fourth-order valence-electron chi connectivity index (χ4n) is 2.42. The molecule has 0 saturated heterocycles. The van der Waals surface area contributed by atoms with Crippen molar-refractivity contribution in [3.63, 3.8) is 0 Å². The van der Waals surface area contributed by atoms with Gasteiger partial charge in [-0.25, -0.2) is 12.8 Å². The molecule has 0 N–H and O–H groups in total. The summed E-state index contributed by atoms with van der Waals surface area (Å²) < 4.78 is 42.8. The first-order valence-corrected chi connectivity index (χ1v) is 8.60. The average Bonchev–Trinajstić information content (AvgIpc) is 2.93. The van der Waals surface area contributed by atoms with Gasteiger partial charge in [-0.2, -0.15) is 0 Å². The van der Waals surface area contributed by atoms with Crippen molar-refractivity contribution >= 4 is 15.8 Å². The second kappa shape index (κ2) is 7.05. The van der Waals surface area contributed by atoms with Gasteiger partial charge in [0.05, 0.1) is 16.9 Å². The Morgan fingerprint density at radius 2 is 1.77 bits per heavy atom. The van der Waals surface area contributed by atoms with Crippen molar-refractivity contribution in [1.82, 2.24) is 0 Å². The van der Waals surface area contributed by atoms with Crippen LogP contribution < -0.4 is 0 Å². The second-order valence-corrected chi connectivity index (χ2v) is 6.81. The molecule has 1 atom stereocenters. The molecule has 1 unspecified atom stereocenters. The van der Waals surface area contributed by atoms with Crippen LogP contribution in [0.4, 0.5) is 4.39 Å². The van der Waals surface area contributed by atoms with E-state index in [2.05, 4.69) is 0 Å². The lowest BCUT2D eigenvalue weighted by Gasteiger charge is -2.24. The molecular formula is C16H21FO4S. The molecule has 1 aromatic rings. The van der Waals surface area contributed by atoms with Gasteiger partial charge in [0, 0.05) is 0 Å². The van der Waals surface area contributed by atoms with Gasteiger partial charge in [0.25, 0.3) is 0 Å². The maximum Gasteiger partial charge on any atom is 0.316 e. The largest absolute Gasteiger partial charge is 0.468 e. The standard InChI is InChI=1S/C14H15FO4S.C2H6/c1-14(13(16)19-2)9-3-4-12(14)20(17,18)11-7-5-10(15)6-8-11;1-2/h4-8H,3,9H2,1-2H3;1-2H3. The van der Waals surface area contributed by atoms with E-state index in [0.29, 0.717) is 12.8 Å². The molecule has 22 heavy (non-hydrogen) atoms. The highest BCUT2D eigenvalue weighted by molar-refractivity contribution is 7.95. The fraction of sp³-hybridized carbons (Fsp3) is 0.438. The van der Waals surface area contributed by atoms with Gasteiger partial charge in [-0.05, 0) is 44.0 Å². The minimum Gasteiger partial charge on any atom is -0.468 e.